The van der Waals surface area contributed by atoms with E-state index in [1.807, 2.05) is 0 Å². The summed E-state index contributed by atoms with van der Waals surface area (Å²) in [6, 6.07) is 0. The van der Waals surface area contributed by atoms with Crippen LogP contribution in [-0.4, -0.2) is 34.2 Å². The van der Waals surface area contributed by atoms with Gasteiger partial charge >= 0.3 is 15.6 Å². The van der Waals surface area contributed by atoms with Gasteiger partial charge in [-0.05, 0) is 0 Å². The first kappa shape index (κ1) is 11.3. The van der Waals surface area contributed by atoms with Gasteiger partial charge in [0.2, 0.25) is 0 Å². The SMILES string of the molecule is O=P1(O)OCC(CO)OP(=O)(O)O1. The molecular formula is C3H8O8P2. The Kier molecular flexibility index (Phi) is 3.27. The number of aliphatic hydroxyl groups excluding tert-OH is 1. The fraction of sp³-hybridized carbons (Fsp3) is 1.00. The molecule has 0 aromatic heterocycles. The summed E-state index contributed by atoms with van der Waals surface area (Å²) < 4.78 is 33.8. The molecule has 0 aromatic carbocycles. The van der Waals surface area contributed by atoms with E-state index < -0.39 is 35.0 Å². The second-order valence-electron chi connectivity index (χ2n) is 2.22. The third-order valence-electron chi connectivity index (χ3n) is 1.12. The molecule has 0 aromatic rings. The Morgan fingerprint density at radius 1 is 1.31 bits per heavy atom. The van der Waals surface area contributed by atoms with E-state index in [4.69, 9.17) is 14.9 Å². The van der Waals surface area contributed by atoms with E-state index in [0.717, 1.165) is 0 Å². The number of hydrogen-bond donors (Lipinski definition) is 3. The minimum absolute atomic E-state index is 0.491. The van der Waals surface area contributed by atoms with E-state index in [1.54, 1.807) is 0 Å². The molecular weight excluding hydrogens is 226 g/mol. The molecule has 3 N–H and O–H groups in total. The summed E-state index contributed by atoms with van der Waals surface area (Å²) in [6.45, 7) is -1.11. The lowest BCUT2D eigenvalue weighted by Gasteiger charge is -2.11. The van der Waals surface area contributed by atoms with Crippen molar-refractivity contribution in [3.63, 3.8) is 0 Å². The Balaban J connectivity index is 2.81. The molecule has 8 nitrogen and oxygen atoms in total. The van der Waals surface area contributed by atoms with E-state index in [0.29, 0.717) is 0 Å². The van der Waals surface area contributed by atoms with Gasteiger partial charge in [-0.2, -0.15) is 4.31 Å². The fourth-order valence-electron chi connectivity index (χ4n) is 0.655. The van der Waals surface area contributed by atoms with E-state index in [2.05, 4.69) is 13.4 Å². The van der Waals surface area contributed by atoms with Crippen molar-refractivity contribution in [3.05, 3.63) is 0 Å². The highest BCUT2D eigenvalue weighted by Crippen LogP contribution is 2.62. The third-order valence-corrected chi connectivity index (χ3v) is 3.81. The molecule has 1 saturated heterocycles. The Labute approximate surface area is 73.3 Å². The summed E-state index contributed by atoms with van der Waals surface area (Å²) in [5, 5.41) is 8.55. The van der Waals surface area contributed by atoms with Crippen LogP contribution in [0.15, 0.2) is 0 Å². The lowest BCUT2D eigenvalue weighted by Crippen LogP contribution is -2.20. The van der Waals surface area contributed by atoms with Crippen molar-refractivity contribution in [2.24, 2.45) is 0 Å². The van der Waals surface area contributed by atoms with E-state index in [9.17, 15) is 9.13 Å². The Morgan fingerprint density at radius 3 is 2.46 bits per heavy atom. The molecule has 1 rings (SSSR count). The van der Waals surface area contributed by atoms with E-state index in [-0.39, 0.29) is 0 Å². The van der Waals surface area contributed by atoms with Gasteiger partial charge in [0.25, 0.3) is 0 Å². The van der Waals surface area contributed by atoms with Crippen molar-refractivity contribution in [1.82, 2.24) is 0 Å². The molecule has 0 spiro atoms. The highest BCUT2D eigenvalue weighted by Gasteiger charge is 2.41. The first-order valence-corrected chi connectivity index (χ1v) is 6.14. The molecule has 1 heterocycles. The second kappa shape index (κ2) is 3.76. The van der Waals surface area contributed by atoms with Crippen LogP contribution in [0.4, 0.5) is 0 Å². The van der Waals surface area contributed by atoms with Crippen molar-refractivity contribution >= 4 is 15.6 Å². The summed E-state index contributed by atoms with van der Waals surface area (Å²) in [7, 11) is -9.17. The molecule has 3 atom stereocenters. The van der Waals surface area contributed by atoms with Crippen LogP contribution in [0.1, 0.15) is 0 Å². The molecule has 0 radical (unpaired) electrons. The maximum absolute atomic E-state index is 10.8. The van der Waals surface area contributed by atoms with Crippen LogP contribution < -0.4 is 0 Å². The minimum Gasteiger partial charge on any atom is -0.394 e. The van der Waals surface area contributed by atoms with Crippen molar-refractivity contribution in [2.75, 3.05) is 13.2 Å². The topological polar surface area (TPSA) is 123 Å². The van der Waals surface area contributed by atoms with Gasteiger partial charge in [0.15, 0.2) is 0 Å². The summed E-state index contributed by atoms with van der Waals surface area (Å²) >= 11 is 0. The standard InChI is InChI=1S/C3H8O8P2/c4-1-3-2-9-12(5,6)11-13(7,8)10-3/h3-4H,1-2H2,(H,5,6)(H,7,8). The molecule has 0 saturated carbocycles. The van der Waals surface area contributed by atoms with Crippen LogP contribution in [-0.2, 0) is 22.5 Å². The number of phosphoric ester groups is 2. The predicted octanol–water partition coefficient (Wildman–Crippen LogP) is -0.389. The van der Waals surface area contributed by atoms with Crippen LogP contribution >= 0.6 is 15.6 Å². The van der Waals surface area contributed by atoms with Gasteiger partial charge in [0.05, 0.1) is 13.2 Å². The molecule has 0 amide bonds. The molecule has 78 valence electrons. The third kappa shape index (κ3) is 3.46. The average Bonchev–Trinajstić information content (AvgIpc) is 2.04. The first-order valence-electron chi connectivity index (χ1n) is 3.15. The predicted molar refractivity (Wildman–Crippen MR) is 38.6 cm³/mol. The molecule has 3 unspecified atom stereocenters. The van der Waals surface area contributed by atoms with E-state index >= 15 is 0 Å². The second-order valence-corrected chi connectivity index (χ2v) is 5.22. The highest BCUT2D eigenvalue weighted by molar-refractivity contribution is 7.61. The van der Waals surface area contributed by atoms with Gasteiger partial charge in [-0.15, -0.1) is 0 Å². The van der Waals surface area contributed by atoms with Gasteiger partial charge in [0, 0.05) is 0 Å². The maximum Gasteiger partial charge on any atom is 0.481 e. The molecule has 0 bridgehead atoms. The maximum atomic E-state index is 10.8. The van der Waals surface area contributed by atoms with Crippen LogP contribution in [0.5, 0.6) is 0 Å². The summed E-state index contributed by atoms with van der Waals surface area (Å²) in [6.07, 6.45) is -1.15. The highest BCUT2D eigenvalue weighted by atomic mass is 31.3. The lowest BCUT2D eigenvalue weighted by atomic mass is 10.4. The van der Waals surface area contributed by atoms with Gasteiger partial charge in [-0.25, -0.2) is 9.13 Å². The zero-order valence-electron chi connectivity index (χ0n) is 6.27. The van der Waals surface area contributed by atoms with Crippen molar-refractivity contribution < 1.29 is 37.4 Å². The van der Waals surface area contributed by atoms with Gasteiger partial charge < -0.3 is 14.9 Å². The normalized spacial score (nSPS) is 47.2. The molecule has 1 aliphatic rings. The van der Waals surface area contributed by atoms with Crippen LogP contribution in [0.3, 0.4) is 0 Å². The van der Waals surface area contributed by atoms with Crippen molar-refractivity contribution in [3.8, 4) is 0 Å². The van der Waals surface area contributed by atoms with Crippen LogP contribution in [0.2, 0.25) is 0 Å². The first-order chi connectivity index (χ1) is 5.85. The molecule has 13 heavy (non-hydrogen) atoms. The summed E-state index contributed by atoms with van der Waals surface area (Å²) in [5.74, 6) is 0. The zero-order chi connectivity index (χ0) is 10.1. The van der Waals surface area contributed by atoms with Crippen molar-refractivity contribution in [2.45, 2.75) is 6.10 Å². The quantitative estimate of drug-likeness (QED) is 0.524. The number of hydrogen-bond acceptors (Lipinski definition) is 6. The van der Waals surface area contributed by atoms with Crippen LogP contribution in [0, 0.1) is 0 Å². The zero-order valence-corrected chi connectivity index (χ0v) is 8.06. The van der Waals surface area contributed by atoms with E-state index in [1.165, 1.54) is 0 Å². The molecule has 1 aliphatic heterocycles. The van der Waals surface area contributed by atoms with Gasteiger partial charge in [-0.3, -0.25) is 9.05 Å². The van der Waals surface area contributed by atoms with Crippen molar-refractivity contribution in [1.29, 1.82) is 0 Å². The average molecular weight is 234 g/mol. The van der Waals surface area contributed by atoms with Gasteiger partial charge in [0.1, 0.15) is 6.10 Å². The monoisotopic (exact) mass is 234 g/mol. The van der Waals surface area contributed by atoms with Gasteiger partial charge in [-0.1, -0.05) is 0 Å². The fourth-order valence-corrected chi connectivity index (χ4v) is 2.90. The number of phosphoric acid groups is 2. The minimum atomic E-state index is -4.62. The largest absolute Gasteiger partial charge is 0.481 e. The lowest BCUT2D eigenvalue weighted by molar-refractivity contribution is 0.0649. The Morgan fingerprint density at radius 2 is 1.92 bits per heavy atom. The Hall–Kier alpha value is 0.220. The van der Waals surface area contributed by atoms with Crippen LogP contribution in [0.25, 0.3) is 0 Å². The smallest absolute Gasteiger partial charge is 0.394 e. The molecule has 1 fully saturated rings. The summed E-state index contributed by atoms with van der Waals surface area (Å²) in [5.41, 5.74) is 0. The Bertz CT molecular complexity index is 275. The molecule has 0 aliphatic carbocycles. The summed E-state index contributed by atoms with van der Waals surface area (Å²) in [4.78, 5) is 17.5. The number of rotatable bonds is 1. The number of aliphatic hydroxyl groups is 1. The molecule has 10 heteroatoms.